The molecule has 11 heavy (non-hydrogen) atoms. The number of hydrogen-bond acceptors (Lipinski definition) is 1. The Labute approximate surface area is 69.5 Å². The number of allylic oxidation sites excluding steroid dienone is 2. The first-order chi connectivity index (χ1) is 5.02. The Morgan fingerprint density at radius 2 is 1.82 bits per heavy atom. The predicted octanol–water partition coefficient (Wildman–Crippen LogP) is 2.81. The zero-order valence-corrected chi connectivity index (χ0v) is 7.92. The lowest BCUT2D eigenvalue weighted by Gasteiger charge is -1.99. The highest BCUT2D eigenvalue weighted by Gasteiger charge is 1.99. The lowest BCUT2D eigenvalue weighted by molar-refractivity contribution is -0.115. The van der Waals surface area contributed by atoms with Gasteiger partial charge in [-0.1, -0.05) is 33.8 Å². The molecule has 1 nitrogen and oxygen atoms in total. The molecule has 0 spiro atoms. The minimum atomic E-state index is 0.244. The van der Waals surface area contributed by atoms with Gasteiger partial charge in [-0.15, -0.1) is 0 Å². The molecule has 0 rings (SSSR count). The van der Waals surface area contributed by atoms with Crippen LogP contribution in [0.2, 0.25) is 0 Å². The highest BCUT2D eigenvalue weighted by molar-refractivity contribution is 5.89. The van der Waals surface area contributed by atoms with Gasteiger partial charge in [0, 0.05) is 6.42 Å². The van der Waals surface area contributed by atoms with Gasteiger partial charge in [0.1, 0.15) is 0 Å². The number of ketones is 1. The summed E-state index contributed by atoms with van der Waals surface area (Å²) < 4.78 is 0. The van der Waals surface area contributed by atoms with E-state index in [-0.39, 0.29) is 5.78 Å². The zero-order chi connectivity index (χ0) is 8.85. The maximum Gasteiger partial charge on any atom is 0.155 e. The summed E-state index contributed by atoms with van der Waals surface area (Å²) in [6.07, 6.45) is 4.32. The molecule has 0 fully saturated rings. The Morgan fingerprint density at radius 3 is 2.18 bits per heavy atom. The molecule has 0 saturated carbocycles. The molecule has 0 bridgehead atoms. The van der Waals surface area contributed by atoms with Crippen molar-refractivity contribution in [3.63, 3.8) is 0 Å². The van der Waals surface area contributed by atoms with Gasteiger partial charge in [0.15, 0.2) is 5.78 Å². The number of carbonyl (C=O) groups is 1. The summed E-state index contributed by atoms with van der Waals surface area (Å²) in [5.74, 6) is 1.19. The van der Waals surface area contributed by atoms with Crippen molar-refractivity contribution >= 4 is 5.78 Å². The largest absolute Gasteiger partial charge is 0.295 e. The fraction of sp³-hybridized carbons (Fsp3) is 0.700. The second kappa shape index (κ2) is 5.11. The van der Waals surface area contributed by atoms with Gasteiger partial charge in [0.05, 0.1) is 0 Å². The molecule has 0 radical (unpaired) electrons. The molecule has 1 heteroatoms. The van der Waals surface area contributed by atoms with Crippen LogP contribution in [0.5, 0.6) is 0 Å². The smallest absolute Gasteiger partial charge is 0.155 e. The fourth-order valence-corrected chi connectivity index (χ4v) is 0.770. The molecule has 0 aromatic heterocycles. The second-order valence-corrected chi connectivity index (χ2v) is 3.67. The van der Waals surface area contributed by atoms with Crippen LogP contribution in [0.25, 0.3) is 0 Å². The first-order valence-electron chi connectivity index (χ1n) is 4.23. The first kappa shape index (κ1) is 10.4. The third-order valence-corrected chi connectivity index (χ3v) is 1.28. The van der Waals surface area contributed by atoms with E-state index >= 15 is 0 Å². The average Bonchev–Trinajstić information content (AvgIpc) is 1.82. The highest BCUT2D eigenvalue weighted by atomic mass is 16.1. The molecule has 64 valence electrons. The Hall–Kier alpha value is -0.590. The molecule has 0 heterocycles. The van der Waals surface area contributed by atoms with E-state index in [9.17, 15) is 4.79 Å². The zero-order valence-electron chi connectivity index (χ0n) is 7.92. The minimum Gasteiger partial charge on any atom is -0.295 e. The Morgan fingerprint density at radius 1 is 1.27 bits per heavy atom. The summed E-state index contributed by atoms with van der Waals surface area (Å²) in [7, 11) is 0. The summed E-state index contributed by atoms with van der Waals surface area (Å²) in [6.45, 7) is 8.25. The Balaban J connectivity index is 3.69. The van der Waals surface area contributed by atoms with Gasteiger partial charge < -0.3 is 0 Å². The number of carbonyl (C=O) groups excluding carboxylic acids is 1. The van der Waals surface area contributed by atoms with Gasteiger partial charge in [-0.2, -0.15) is 0 Å². The molecule has 0 aliphatic heterocycles. The van der Waals surface area contributed by atoms with Crippen LogP contribution in [-0.2, 0) is 4.79 Å². The Bertz CT molecular complexity index is 143. The van der Waals surface area contributed by atoms with Crippen molar-refractivity contribution in [3.8, 4) is 0 Å². The van der Waals surface area contributed by atoms with Crippen molar-refractivity contribution in [2.24, 2.45) is 11.8 Å². The third kappa shape index (κ3) is 7.31. The van der Waals surface area contributed by atoms with Gasteiger partial charge >= 0.3 is 0 Å². The highest BCUT2D eigenvalue weighted by Crippen LogP contribution is 2.02. The average molecular weight is 154 g/mol. The van der Waals surface area contributed by atoms with Crippen LogP contribution in [0.3, 0.4) is 0 Å². The van der Waals surface area contributed by atoms with E-state index in [1.54, 1.807) is 6.08 Å². The van der Waals surface area contributed by atoms with E-state index in [0.717, 1.165) is 0 Å². The van der Waals surface area contributed by atoms with Crippen molar-refractivity contribution in [1.82, 2.24) is 0 Å². The van der Waals surface area contributed by atoms with E-state index in [4.69, 9.17) is 0 Å². The molecule has 0 atom stereocenters. The maximum atomic E-state index is 11.1. The first-order valence-corrected chi connectivity index (χ1v) is 4.23. The van der Waals surface area contributed by atoms with E-state index in [1.165, 1.54) is 0 Å². The molecular weight excluding hydrogens is 136 g/mol. The fourth-order valence-electron chi connectivity index (χ4n) is 0.770. The van der Waals surface area contributed by atoms with Crippen LogP contribution in [0, 0.1) is 11.8 Å². The molecule has 0 aromatic rings. The maximum absolute atomic E-state index is 11.1. The van der Waals surface area contributed by atoms with Crippen molar-refractivity contribution in [2.75, 3.05) is 0 Å². The SMILES string of the molecule is CC(C)C=CC(=O)CC(C)C. The second-order valence-electron chi connectivity index (χ2n) is 3.67. The molecule has 0 saturated heterocycles. The van der Waals surface area contributed by atoms with Gasteiger partial charge in [0.25, 0.3) is 0 Å². The van der Waals surface area contributed by atoms with Crippen molar-refractivity contribution in [1.29, 1.82) is 0 Å². The predicted molar refractivity (Wildman–Crippen MR) is 48.4 cm³/mol. The molecule has 0 aliphatic carbocycles. The van der Waals surface area contributed by atoms with Crippen LogP contribution in [0.1, 0.15) is 34.1 Å². The normalized spacial score (nSPS) is 11.8. The number of hydrogen-bond donors (Lipinski definition) is 0. The standard InChI is InChI=1S/C10H18O/c1-8(2)5-6-10(11)7-9(3)4/h5-6,8-9H,7H2,1-4H3. The summed E-state index contributed by atoms with van der Waals surface area (Å²) in [4.78, 5) is 11.1. The summed E-state index contributed by atoms with van der Waals surface area (Å²) >= 11 is 0. The third-order valence-electron chi connectivity index (χ3n) is 1.28. The summed E-state index contributed by atoms with van der Waals surface area (Å²) in [6, 6.07) is 0. The summed E-state index contributed by atoms with van der Waals surface area (Å²) in [5, 5.41) is 0. The van der Waals surface area contributed by atoms with Crippen LogP contribution >= 0.6 is 0 Å². The molecule has 0 N–H and O–H groups in total. The van der Waals surface area contributed by atoms with Crippen LogP contribution in [0.15, 0.2) is 12.2 Å². The van der Waals surface area contributed by atoms with E-state index in [0.29, 0.717) is 18.3 Å². The van der Waals surface area contributed by atoms with Gasteiger partial charge in [-0.05, 0) is 17.9 Å². The lowest BCUT2D eigenvalue weighted by atomic mass is 10.1. The minimum absolute atomic E-state index is 0.244. The summed E-state index contributed by atoms with van der Waals surface area (Å²) in [5.41, 5.74) is 0. The topological polar surface area (TPSA) is 17.1 Å². The number of rotatable bonds is 4. The van der Waals surface area contributed by atoms with Gasteiger partial charge in [0.2, 0.25) is 0 Å². The van der Waals surface area contributed by atoms with E-state index < -0.39 is 0 Å². The van der Waals surface area contributed by atoms with Gasteiger partial charge in [-0.3, -0.25) is 4.79 Å². The van der Waals surface area contributed by atoms with E-state index in [1.807, 2.05) is 6.08 Å². The monoisotopic (exact) mass is 154 g/mol. The molecule has 0 unspecified atom stereocenters. The molecule has 0 aromatic carbocycles. The van der Waals surface area contributed by atoms with Crippen LogP contribution < -0.4 is 0 Å². The van der Waals surface area contributed by atoms with Gasteiger partial charge in [-0.25, -0.2) is 0 Å². The molecular formula is C10H18O. The Kier molecular flexibility index (Phi) is 4.84. The van der Waals surface area contributed by atoms with Crippen molar-refractivity contribution in [3.05, 3.63) is 12.2 Å². The molecule has 0 aliphatic rings. The van der Waals surface area contributed by atoms with Crippen LogP contribution in [0.4, 0.5) is 0 Å². The van der Waals surface area contributed by atoms with E-state index in [2.05, 4.69) is 27.7 Å². The van der Waals surface area contributed by atoms with Crippen LogP contribution in [-0.4, -0.2) is 5.78 Å². The van der Waals surface area contributed by atoms with Crippen molar-refractivity contribution < 1.29 is 4.79 Å². The lowest BCUT2D eigenvalue weighted by Crippen LogP contribution is -1.98. The quantitative estimate of drug-likeness (QED) is 0.569. The van der Waals surface area contributed by atoms with Crippen molar-refractivity contribution in [2.45, 2.75) is 34.1 Å². The molecule has 0 amide bonds.